The zero-order chi connectivity index (χ0) is 14.8. The number of aryl methyl sites for hydroxylation is 1. The maximum atomic E-state index is 11.4. The lowest BCUT2D eigenvalue weighted by Crippen LogP contribution is -2.02. The molecule has 1 aliphatic rings. The Kier molecular flexibility index (Phi) is 3.52. The van der Waals surface area contributed by atoms with Gasteiger partial charge in [-0.1, -0.05) is 12.1 Å². The first kappa shape index (κ1) is 13.5. The van der Waals surface area contributed by atoms with E-state index in [0.717, 1.165) is 22.6 Å². The number of hydrogen-bond acceptors (Lipinski definition) is 4. The van der Waals surface area contributed by atoms with E-state index in [1.165, 1.54) is 5.56 Å². The summed E-state index contributed by atoms with van der Waals surface area (Å²) in [6.07, 6.45) is 0. The molecule has 1 aliphatic heterocycles. The molecule has 0 aromatic heterocycles. The predicted molar refractivity (Wildman–Crippen MR) is 80.6 cm³/mol. The largest absolute Gasteiger partial charge is 0.496 e. The SMILES string of the molecule is COc1cc(C)ccc1CNc1ccc2c(c1)COC2=O. The van der Waals surface area contributed by atoms with Crippen LogP contribution in [0.15, 0.2) is 36.4 Å². The summed E-state index contributed by atoms with van der Waals surface area (Å²) in [6, 6.07) is 11.8. The molecule has 4 nitrogen and oxygen atoms in total. The van der Waals surface area contributed by atoms with Gasteiger partial charge in [0.2, 0.25) is 0 Å². The van der Waals surface area contributed by atoms with Gasteiger partial charge in [0.05, 0.1) is 12.7 Å². The van der Waals surface area contributed by atoms with Gasteiger partial charge >= 0.3 is 5.97 Å². The van der Waals surface area contributed by atoms with Gasteiger partial charge in [-0.3, -0.25) is 0 Å². The Morgan fingerprint density at radius 1 is 1.24 bits per heavy atom. The Morgan fingerprint density at radius 2 is 2.10 bits per heavy atom. The predicted octanol–water partition coefficient (Wildman–Crippen LogP) is 3.29. The molecule has 0 bridgehead atoms. The molecule has 21 heavy (non-hydrogen) atoms. The van der Waals surface area contributed by atoms with Crippen molar-refractivity contribution < 1.29 is 14.3 Å². The maximum Gasteiger partial charge on any atom is 0.338 e. The van der Waals surface area contributed by atoms with Crippen LogP contribution >= 0.6 is 0 Å². The molecule has 1 N–H and O–H groups in total. The minimum Gasteiger partial charge on any atom is -0.496 e. The fourth-order valence-electron chi connectivity index (χ4n) is 2.44. The summed E-state index contributed by atoms with van der Waals surface area (Å²) in [5.74, 6) is 0.638. The maximum absolute atomic E-state index is 11.4. The Balaban J connectivity index is 1.75. The van der Waals surface area contributed by atoms with Crippen molar-refractivity contribution in [3.8, 4) is 5.75 Å². The summed E-state index contributed by atoms with van der Waals surface area (Å²) in [6.45, 7) is 3.06. The van der Waals surface area contributed by atoms with Gasteiger partial charge in [0.1, 0.15) is 12.4 Å². The van der Waals surface area contributed by atoms with Gasteiger partial charge in [-0.2, -0.15) is 0 Å². The summed E-state index contributed by atoms with van der Waals surface area (Å²) in [4.78, 5) is 11.4. The second-order valence-corrected chi connectivity index (χ2v) is 5.12. The van der Waals surface area contributed by atoms with Crippen LogP contribution in [0.25, 0.3) is 0 Å². The van der Waals surface area contributed by atoms with E-state index < -0.39 is 0 Å². The van der Waals surface area contributed by atoms with E-state index in [1.807, 2.05) is 25.1 Å². The van der Waals surface area contributed by atoms with Crippen LogP contribution in [0.1, 0.15) is 27.0 Å². The third-order valence-electron chi connectivity index (χ3n) is 3.61. The third kappa shape index (κ3) is 2.70. The molecule has 0 saturated heterocycles. The monoisotopic (exact) mass is 283 g/mol. The van der Waals surface area contributed by atoms with Crippen molar-refractivity contribution in [3.63, 3.8) is 0 Å². The van der Waals surface area contributed by atoms with Crippen LogP contribution in [0, 0.1) is 6.92 Å². The molecule has 0 atom stereocenters. The van der Waals surface area contributed by atoms with Crippen LogP contribution in [0.5, 0.6) is 5.75 Å². The van der Waals surface area contributed by atoms with Gasteiger partial charge < -0.3 is 14.8 Å². The van der Waals surface area contributed by atoms with Crippen molar-refractivity contribution in [3.05, 3.63) is 58.7 Å². The van der Waals surface area contributed by atoms with Gasteiger partial charge in [0, 0.05) is 23.4 Å². The van der Waals surface area contributed by atoms with E-state index in [1.54, 1.807) is 13.2 Å². The number of methoxy groups -OCH3 is 1. The molecule has 2 aromatic rings. The molecule has 0 radical (unpaired) electrons. The average molecular weight is 283 g/mol. The second-order valence-electron chi connectivity index (χ2n) is 5.12. The molecule has 0 amide bonds. The molecule has 0 fully saturated rings. The molecular formula is C17H17NO3. The normalized spacial score (nSPS) is 12.8. The van der Waals surface area contributed by atoms with Crippen molar-refractivity contribution >= 4 is 11.7 Å². The highest BCUT2D eigenvalue weighted by molar-refractivity contribution is 5.93. The number of cyclic esters (lactones) is 1. The number of ether oxygens (including phenoxy) is 2. The van der Waals surface area contributed by atoms with E-state index >= 15 is 0 Å². The number of carbonyl (C=O) groups is 1. The summed E-state index contributed by atoms with van der Waals surface area (Å²) in [5, 5.41) is 3.35. The molecule has 3 rings (SSSR count). The van der Waals surface area contributed by atoms with E-state index in [-0.39, 0.29) is 5.97 Å². The smallest absolute Gasteiger partial charge is 0.338 e. The molecule has 0 spiro atoms. The standard InChI is InChI=1S/C17H17NO3/c1-11-3-4-12(16(7-11)20-2)9-18-14-5-6-15-13(8-14)10-21-17(15)19/h3-8,18H,9-10H2,1-2H3. The zero-order valence-electron chi connectivity index (χ0n) is 12.1. The van der Waals surface area contributed by atoms with E-state index in [9.17, 15) is 4.79 Å². The van der Waals surface area contributed by atoms with Gasteiger partial charge in [-0.25, -0.2) is 4.79 Å². The lowest BCUT2D eigenvalue weighted by atomic mass is 10.1. The first-order valence-corrected chi connectivity index (χ1v) is 6.85. The van der Waals surface area contributed by atoms with E-state index in [0.29, 0.717) is 18.7 Å². The number of fused-ring (bicyclic) bond motifs is 1. The number of rotatable bonds is 4. The molecule has 1 heterocycles. The van der Waals surface area contributed by atoms with Crippen molar-refractivity contribution in [2.24, 2.45) is 0 Å². The molecule has 0 unspecified atom stereocenters. The number of esters is 1. The van der Waals surface area contributed by atoms with Crippen LogP contribution in [0.3, 0.4) is 0 Å². The quantitative estimate of drug-likeness (QED) is 0.875. The van der Waals surface area contributed by atoms with Crippen LogP contribution in [-0.4, -0.2) is 13.1 Å². The third-order valence-corrected chi connectivity index (χ3v) is 3.61. The first-order valence-electron chi connectivity index (χ1n) is 6.85. The summed E-state index contributed by atoms with van der Waals surface area (Å²) < 4.78 is 10.4. The molecule has 2 aromatic carbocycles. The molecule has 108 valence electrons. The summed E-state index contributed by atoms with van der Waals surface area (Å²) >= 11 is 0. The number of hydrogen-bond donors (Lipinski definition) is 1. The average Bonchev–Trinajstić information content (AvgIpc) is 2.87. The first-order chi connectivity index (χ1) is 10.2. The zero-order valence-corrected chi connectivity index (χ0v) is 12.1. The Hall–Kier alpha value is -2.49. The summed E-state index contributed by atoms with van der Waals surface area (Å²) in [5.41, 5.74) is 4.82. The highest BCUT2D eigenvalue weighted by atomic mass is 16.5. The van der Waals surface area contributed by atoms with Crippen molar-refractivity contribution in [2.75, 3.05) is 12.4 Å². The van der Waals surface area contributed by atoms with Gasteiger partial charge in [0.25, 0.3) is 0 Å². The van der Waals surface area contributed by atoms with Crippen molar-refractivity contribution in [1.82, 2.24) is 0 Å². The fourth-order valence-corrected chi connectivity index (χ4v) is 2.44. The molecule has 0 aliphatic carbocycles. The van der Waals surface area contributed by atoms with Crippen LogP contribution in [0.2, 0.25) is 0 Å². The van der Waals surface area contributed by atoms with E-state index in [4.69, 9.17) is 9.47 Å². The number of carbonyl (C=O) groups excluding carboxylic acids is 1. The minimum absolute atomic E-state index is 0.239. The highest BCUT2D eigenvalue weighted by Gasteiger charge is 2.20. The van der Waals surface area contributed by atoms with Crippen LogP contribution in [-0.2, 0) is 17.9 Å². The van der Waals surface area contributed by atoms with E-state index in [2.05, 4.69) is 17.4 Å². The van der Waals surface area contributed by atoms with Gasteiger partial charge in [-0.15, -0.1) is 0 Å². The van der Waals surface area contributed by atoms with Gasteiger partial charge in [0.15, 0.2) is 0 Å². The fraction of sp³-hybridized carbons (Fsp3) is 0.235. The minimum atomic E-state index is -0.239. The molecule has 0 saturated carbocycles. The Labute approximate surface area is 123 Å². The highest BCUT2D eigenvalue weighted by Crippen LogP contribution is 2.25. The molecular weight excluding hydrogens is 266 g/mol. The molecule has 4 heteroatoms. The van der Waals surface area contributed by atoms with Crippen molar-refractivity contribution in [1.29, 1.82) is 0 Å². The topological polar surface area (TPSA) is 47.6 Å². The lowest BCUT2D eigenvalue weighted by molar-refractivity contribution is 0.0535. The van der Waals surface area contributed by atoms with Crippen LogP contribution in [0.4, 0.5) is 5.69 Å². The Morgan fingerprint density at radius 3 is 2.90 bits per heavy atom. The van der Waals surface area contributed by atoms with Gasteiger partial charge in [-0.05, 0) is 36.8 Å². The number of anilines is 1. The lowest BCUT2D eigenvalue weighted by Gasteiger charge is -2.12. The summed E-state index contributed by atoms with van der Waals surface area (Å²) in [7, 11) is 1.68. The second kappa shape index (κ2) is 5.48. The van der Waals surface area contributed by atoms with Crippen LogP contribution < -0.4 is 10.1 Å². The number of nitrogens with one attached hydrogen (secondary N) is 1. The van der Waals surface area contributed by atoms with Crippen molar-refractivity contribution in [2.45, 2.75) is 20.1 Å². The Bertz CT molecular complexity index is 694. The number of benzene rings is 2.